The van der Waals surface area contributed by atoms with Gasteiger partial charge in [0.1, 0.15) is 11.2 Å². The second kappa shape index (κ2) is 15.4. The van der Waals surface area contributed by atoms with Crippen LogP contribution >= 0.6 is 11.3 Å². The van der Waals surface area contributed by atoms with E-state index in [2.05, 4.69) is 198 Å². The van der Waals surface area contributed by atoms with E-state index in [1.54, 1.807) is 5.56 Å². The van der Waals surface area contributed by atoms with Crippen LogP contribution in [0.25, 0.3) is 48.7 Å². The standard InChI is InChI=1S/C60H48N2OS/c1-3-13-39(14-4-1)40-25-31-44(32-26-40)61(45-33-27-41(28-34-45)47-19-11-21-50-49-17-8-10-24-56(49)63-58(47)50)46-35-29-42(30-36-46)48-20-12-22-51-52-37-38-55-57(60(52)64-59(48)51)53-18-7-9-23-54(53)62(55)43-15-5-2-6-16-43/h1-11,13,15-21,23-29,31,33-35,37-39,44,53-54H,12,14,22,30,32,36H2. The first-order chi connectivity index (χ1) is 31.7. The van der Waals surface area contributed by atoms with Gasteiger partial charge in [-0.3, -0.25) is 0 Å². The molecule has 0 bridgehead atoms. The maximum atomic E-state index is 6.47. The summed E-state index contributed by atoms with van der Waals surface area (Å²) in [6.45, 7) is 0. The first-order valence-electron chi connectivity index (χ1n) is 23.1. The molecule has 7 aromatic rings. The van der Waals surface area contributed by atoms with Gasteiger partial charge in [-0.25, -0.2) is 0 Å². The highest BCUT2D eigenvalue weighted by Crippen LogP contribution is 2.54. The number of furan rings is 1. The first kappa shape index (κ1) is 37.7. The molecule has 0 saturated heterocycles. The number of anilines is 3. The Bertz CT molecular complexity index is 3300. The number of hydrogen-bond donors (Lipinski definition) is 0. The number of benzene rings is 5. The monoisotopic (exact) mass is 844 g/mol. The van der Waals surface area contributed by atoms with Crippen molar-refractivity contribution in [3.05, 3.63) is 227 Å². The van der Waals surface area contributed by atoms with E-state index in [0.717, 1.165) is 66.0 Å². The topological polar surface area (TPSA) is 19.6 Å². The fourth-order valence-corrected chi connectivity index (χ4v) is 13.0. The van der Waals surface area contributed by atoms with Gasteiger partial charge in [0, 0.05) is 66.1 Å². The summed E-state index contributed by atoms with van der Waals surface area (Å²) in [5.41, 5.74) is 16.8. The van der Waals surface area contributed by atoms with Gasteiger partial charge in [0.05, 0.1) is 12.1 Å². The van der Waals surface area contributed by atoms with Gasteiger partial charge >= 0.3 is 0 Å². The summed E-state index contributed by atoms with van der Waals surface area (Å²) in [7, 11) is 0. The highest BCUT2D eigenvalue weighted by atomic mass is 32.1. The normalized spacial score (nSPS) is 22.0. The predicted octanol–water partition coefficient (Wildman–Crippen LogP) is 16.0. The summed E-state index contributed by atoms with van der Waals surface area (Å²) in [6, 6.07) is 40.4. The minimum Gasteiger partial charge on any atom is -0.455 e. The van der Waals surface area contributed by atoms with Crippen LogP contribution in [0.5, 0.6) is 0 Å². The number of allylic oxidation sites excluding steroid dienone is 14. The van der Waals surface area contributed by atoms with Crippen LogP contribution in [0.15, 0.2) is 216 Å². The molecule has 3 heterocycles. The first-order valence-corrected chi connectivity index (χ1v) is 24.0. The van der Waals surface area contributed by atoms with Crippen molar-refractivity contribution >= 4 is 66.0 Å². The van der Waals surface area contributed by atoms with E-state index in [1.165, 1.54) is 65.6 Å². The molecule has 4 unspecified atom stereocenters. The van der Waals surface area contributed by atoms with Gasteiger partial charge < -0.3 is 14.2 Å². The summed E-state index contributed by atoms with van der Waals surface area (Å²) in [5.74, 6) is 0.796. The summed E-state index contributed by atoms with van der Waals surface area (Å²) in [5, 5.41) is 3.78. The molecule has 64 heavy (non-hydrogen) atoms. The van der Waals surface area contributed by atoms with Gasteiger partial charge in [-0.05, 0) is 114 Å². The van der Waals surface area contributed by atoms with Gasteiger partial charge in [-0.1, -0.05) is 152 Å². The van der Waals surface area contributed by atoms with Gasteiger partial charge in [-0.15, -0.1) is 11.3 Å². The quantitative estimate of drug-likeness (QED) is 0.159. The van der Waals surface area contributed by atoms with E-state index in [-0.39, 0.29) is 6.04 Å². The van der Waals surface area contributed by atoms with Crippen LogP contribution in [0.2, 0.25) is 0 Å². The molecular formula is C60H48N2OS. The molecule has 13 rings (SSSR count). The maximum absolute atomic E-state index is 6.47. The number of rotatable bonds is 7. The van der Waals surface area contributed by atoms with Crippen LogP contribution in [0, 0.1) is 5.92 Å². The SMILES string of the molecule is C1=CCC(C2=CCC(N(C3=CC=C(C4=CCCc5c4sc4c6c(ccc54)N(c4ccccc4)C4C=CC=CC64)CC3)c3ccc(-c4cccc5c4oc4ccccc45)cc3)C=C2)C=C1. The highest BCUT2D eigenvalue weighted by molar-refractivity contribution is 7.20. The highest BCUT2D eigenvalue weighted by Gasteiger charge is 2.40. The van der Waals surface area contributed by atoms with E-state index in [4.69, 9.17) is 4.42 Å². The third-order valence-electron chi connectivity index (χ3n) is 14.5. The van der Waals surface area contributed by atoms with Crippen molar-refractivity contribution < 1.29 is 4.42 Å². The Hall–Kier alpha value is -6.88. The fourth-order valence-electron chi connectivity index (χ4n) is 11.4. The summed E-state index contributed by atoms with van der Waals surface area (Å²) in [4.78, 5) is 6.66. The lowest BCUT2D eigenvalue weighted by atomic mass is 9.85. The zero-order chi connectivity index (χ0) is 42.1. The lowest BCUT2D eigenvalue weighted by Crippen LogP contribution is -2.34. The van der Waals surface area contributed by atoms with Crippen LogP contribution in [-0.2, 0) is 6.42 Å². The molecular weight excluding hydrogens is 797 g/mol. The van der Waals surface area contributed by atoms with E-state index in [1.807, 2.05) is 17.4 Å². The Morgan fingerprint density at radius 2 is 1.53 bits per heavy atom. The molecule has 4 heteroatoms. The third-order valence-corrected chi connectivity index (χ3v) is 15.8. The van der Waals surface area contributed by atoms with Gasteiger partial charge in [-0.2, -0.15) is 0 Å². The number of thiophene rings is 1. The molecule has 310 valence electrons. The number of hydrogen-bond acceptors (Lipinski definition) is 4. The average Bonchev–Trinajstić information content (AvgIpc) is 4.05. The Labute approximate surface area is 379 Å². The van der Waals surface area contributed by atoms with Crippen LogP contribution in [0.4, 0.5) is 17.1 Å². The van der Waals surface area contributed by atoms with Crippen LogP contribution in [0.1, 0.15) is 54.0 Å². The predicted molar refractivity (Wildman–Crippen MR) is 271 cm³/mol. The Balaban J connectivity index is 0.851. The number of aryl methyl sites for hydroxylation is 1. The molecule has 0 saturated carbocycles. The molecule has 1 aliphatic heterocycles. The molecule has 6 aliphatic rings. The number of fused-ring (bicyclic) bond motifs is 10. The van der Waals surface area contributed by atoms with E-state index in [0.29, 0.717) is 17.9 Å². The molecule has 2 aromatic heterocycles. The summed E-state index contributed by atoms with van der Waals surface area (Å²) >= 11 is 2.04. The Kier molecular flexibility index (Phi) is 9.08. The number of para-hydroxylation sites is 3. The van der Waals surface area contributed by atoms with Crippen molar-refractivity contribution in [2.24, 2.45) is 5.92 Å². The van der Waals surface area contributed by atoms with Crippen molar-refractivity contribution in [1.29, 1.82) is 0 Å². The molecule has 0 spiro atoms. The second-order valence-electron chi connectivity index (χ2n) is 18.0. The summed E-state index contributed by atoms with van der Waals surface area (Å²) < 4.78 is 7.94. The second-order valence-corrected chi connectivity index (χ2v) is 19.0. The average molecular weight is 845 g/mol. The molecule has 0 radical (unpaired) electrons. The van der Waals surface area contributed by atoms with Crippen molar-refractivity contribution in [1.82, 2.24) is 0 Å². The van der Waals surface area contributed by atoms with Crippen LogP contribution in [-0.4, -0.2) is 12.1 Å². The minimum atomic E-state index is 0.228. The lowest BCUT2D eigenvalue weighted by molar-refractivity contribution is 0.670. The maximum Gasteiger partial charge on any atom is 0.143 e. The number of nitrogens with zero attached hydrogens (tertiary/aromatic N) is 2. The third kappa shape index (κ3) is 6.14. The molecule has 0 amide bonds. The summed E-state index contributed by atoms with van der Waals surface area (Å²) in [6.07, 6.45) is 39.3. The molecule has 5 aromatic carbocycles. The van der Waals surface area contributed by atoms with Crippen molar-refractivity contribution in [3.8, 4) is 11.1 Å². The molecule has 4 atom stereocenters. The van der Waals surface area contributed by atoms with Gasteiger partial charge in [0.25, 0.3) is 0 Å². The van der Waals surface area contributed by atoms with Gasteiger partial charge in [0.15, 0.2) is 0 Å². The van der Waals surface area contributed by atoms with E-state index in [9.17, 15) is 0 Å². The molecule has 3 nitrogen and oxygen atoms in total. The van der Waals surface area contributed by atoms with Crippen molar-refractivity contribution in [2.45, 2.75) is 56.5 Å². The molecule has 5 aliphatic carbocycles. The minimum absolute atomic E-state index is 0.228. The van der Waals surface area contributed by atoms with E-state index >= 15 is 0 Å². The van der Waals surface area contributed by atoms with Crippen LogP contribution in [0.3, 0.4) is 0 Å². The molecule has 0 N–H and O–H groups in total. The van der Waals surface area contributed by atoms with Crippen molar-refractivity contribution in [3.63, 3.8) is 0 Å². The largest absolute Gasteiger partial charge is 0.455 e. The Morgan fingerprint density at radius 3 is 2.38 bits per heavy atom. The lowest BCUT2D eigenvalue weighted by Gasteiger charge is -2.37. The van der Waals surface area contributed by atoms with Gasteiger partial charge in [0.2, 0.25) is 0 Å². The van der Waals surface area contributed by atoms with E-state index < -0.39 is 0 Å². The zero-order valence-corrected chi connectivity index (χ0v) is 36.6. The molecule has 0 fully saturated rings. The Morgan fingerprint density at radius 1 is 0.672 bits per heavy atom. The zero-order valence-electron chi connectivity index (χ0n) is 35.7. The fraction of sp³-hybridized carbons (Fsp3) is 0.167. The smallest absolute Gasteiger partial charge is 0.143 e. The van der Waals surface area contributed by atoms with Crippen molar-refractivity contribution in [2.75, 3.05) is 9.80 Å². The van der Waals surface area contributed by atoms with Crippen LogP contribution < -0.4 is 9.80 Å².